The first-order chi connectivity index (χ1) is 10.5. The van der Waals surface area contributed by atoms with Crippen molar-refractivity contribution in [2.75, 3.05) is 11.9 Å². The van der Waals surface area contributed by atoms with Gasteiger partial charge in [0.1, 0.15) is 5.82 Å². The average molecular weight is 325 g/mol. The number of nitrogens with zero attached hydrogens (tertiary/aromatic N) is 1. The van der Waals surface area contributed by atoms with Crippen molar-refractivity contribution in [3.05, 3.63) is 64.3 Å². The van der Waals surface area contributed by atoms with E-state index in [0.717, 1.165) is 18.3 Å². The first kappa shape index (κ1) is 15.7. The summed E-state index contributed by atoms with van der Waals surface area (Å²) >= 11 is 5.75. The molecule has 0 bridgehead atoms. The zero-order valence-corrected chi connectivity index (χ0v) is 11.8. The molecule has 0 fully saturated rings. The molecule has 8 heteroatoms. The average Bonchev–Trinajstić information content (AvgIpc) is 2.48. The molecule has 114 valence electrons. The second kappa shape index (κ2) is 6.86. The lowest BCUT2D eigenvalue weighted by Gasteiger charge is -2.08. The highest BCUT2D eigenvalue weighted by atomic mass is 35.5. The maximum absolute atomic E-state index is 12.9. The molecule has 0 radical (unpaired) electrons. The first-order valence-electron chi connectivity index (χ1n) is 6.07. The Balaban J connectivity index is 1.93. The Hall–Kier alpha value is -2.67. The van der Waals surface area contributed by atoms with Crippen molar-refractivity contribution in [3.63, 3.8) is 0 Å². The molecular formula is C14H10ClFN2O4. The summed E-state index contributed by atoms with van der Waals surface area (Å²) < 4.78 is 17.9. The lowest BCUT2D eigenvalue weighted by Crippen LogP contribution is -2.35. The van der Waals surface area contributed by atoms with Crippen LogP contribution in [0.15, 0.2) is 42.6 Å². The summed E-state index contributed by atoms with van der Waals surface area (Å²) in [4.78, 5) is 23.3. The van der Waals surface area contributed by atoms with E-state index in [9.17, 15) is 19.2 Å². The van der Waals surface area contributed by atoms with E-state index in [4.69, 9.17) is 16.3 Å². The predicted molar refractivity (Wildman–Crippen MR) is 75.7 cm³/mol. The molecule has 2 aromatic rings. The van der Waals surface area contributed by atoms with E-state index in [1.807, 2.05) is 0 Å². The number of anilines is 1. The van der Waals surface area contributed by atoms with Gasteiger partial charge in [0.2, 0.25) is 0 Å². The Morgan fingerprint density at radius 3 is 2.77 bits per heavy atom. The van der Waals surface area contributed by atoms with E-state index in [1.54, 1.807) is 0 Å². The van der Waals surface area contributed by atoms with E-state index in [-0.39, 0.29) is 16.4 Å². The highest BCUT2D eigenvalue weighted by molar-refractivity contribution is 6.33. The number of halogens is 2. The van der Waals surface area contributed by atoms with Gasteiger partial charge in [0, 0.05) is 12.1 Å². The Morgan fingerprint density at radius 2 is 2.09 bits per heavy atom. The fraction of sp³-hybridized carbons (Fsp3) is 0.0714. The van der Waals surface area contributed by atoms with E-state index < -0.39 is 24.3 Å². The van der Waals surface area contributed by atoms with Crippen LogP contribution in [-0.2, 0) is 9.53 Å². The third-order valence-electron chi connectivity index (χ3n) is 2.57. The SMILES string of the molecule is O=C(COC(=O)c1cccc[n+]1[O-])Nc1ccc(F)cc1Cl. The Morgan fingerprint density at radius 1 is 1.32 bits per heavy atom. The second-order valence-electron chi connectivity index (χ2n) is 4.16. The molecule has 6 nitrogen and oxygen atoms in total. The van der Waals surface area contributed by atoms with Crippen LogP contribution in [0.25, 0.3) is 0 Å². The third-order valence-corrected chi connectivity index (χ3v) is 2.89. The molecule has 1 aromatic carbocycles. The van der Waals surface area contributed by atoms with Crippen molar-refractivity contribution in [2.24, 2.45) is 0 Å². The van der Waals surface area contributed by atoms with Gasteiger partial charge >= 0.3 is 11.7 Å². The van der Waals surface area contributed by atoms with Gasteiger partial charge in [-0.15, -0.1) is 0 Å². The monoisotopic (exact) mass is 324 g/mol. The molecule has 22 heavy (non-hydrogen) atoms. The number of carbonyl (C=O) groups excluding carboxylic acids is 2. The fourth-order valence-corrected chi connectivity index (χ4v) is 1.78. The summed E-state index contributed by atoms with van der Waals surface area (Å²) in [7, 11) is 0. The maximum atomic E-state index is 12.9. The van der Waals surface area contributed by atoms with E-state index in [0.29, 0.717) is 4.73 Å². The number of aromatic nitrogens is 1. The molecule has 0 saturated heterocycles. The van der Waals surface area contributed by atoms with Crippen molar-refractivity contribution < 1.29 is 23.4 Å². The van der Waals surface area contributed by atoms with Crippen molar-refractivity contribution in [2.45, 2.75) is 0 Å². The number of benzene rings is 1. The topological polar surface area (TPSA) is 82.3 Å². The number of esters is 1. The van der Waals surface area contributed by atoms with Crippen LogP contribution in [0, 0.1) is 11.0 Å². The fourth-order valence-electron chi connectivity index (χ4n) is 1.57. The van der Waals surface area contributed by atoms with Crippen molar-refractivity contribution in [1.29, 1.82) is 0 Å². The smallest absolute Gasteiger partial charge is 0.405 e. The summed E-state index contributed by atoms with van der Waals surface area (Å²) in [5.74, 6) is -2.15. The quantitative estimate of drug-likeness (QED) is 0.529. The number of pyridine rings is 1. The lowest BCUT2D eigenvalue weighted by atomic mass is 10.3. The predicted octanol–water partition coefficient (Wildman–Crippen LogP) is 1.91. The molecule has 1 aromatic heterocycles. The molecule has 0 saturated carbocycles. The molecule has 1 heterocycles. The van der Waals surface area contributed by atoms with E-state index >= 15 is 0 Å². The van der Waals surface area contributed by atoms with Crippen molar-refractivity contribution in [1.82, 2.24) is 0 Å². The Kier molecular flexibility index (Phi) is 4.90. The lowest BCUT2D eigenvalue weighted by molar-refractivity contribution is -0.608. The zero-order valence-electron chi connectivity index (χ0n) is 11.1. The molecule has 1 N–H and O–H groups in total. The summed E-state index contributed by atoms with van der Waals surface area (Å²) in [5, 5.41) is 13.7. The molecule has 1 amide bonds. The Labute approximate surface area is 129 Å². The standard InChI is InChI=1S/C14H10ClFN2O4/c15-10-7-9(16)4-5-11(10)17-13(19)8-22-14(20)12-3-1-2-6-18(12)21/h1-7H,8H2,(H,17,19). The normalized spacial score (nSPS) is 10.1. The highest BCUT2D eigenvalue weighted by Gasteiger charge is 2.18. The van der Waals surface area contributed by atoms with E-state index in [1.165, 1.54) is 24.3 Å². The van der Waals surface area contributed by atoms with Crippen LogP contribution in [0.2, 0.25) is 5.02 Å². The summed E-state index contributed by atoms with van der Waals surface area (Å²) in [6.45, 7) is -0.610. The number of carbonyl (C=O) groups is 2. The molecule has 0 aliphatic heterocycles. The largest absolute Gasteiger partial charge is 0.618 e. The molecule has 0 aliphatic rings. The van der Waals surface area contributed by atoms with Gasteiger partial charge in [0.25, 0.3) is 5.91 Å². The summed E-state index contributed by atoms with van der Waals surface area (Å²) in [6.07, 6.45) is 1.13. The minimum atomic E-state index is -0.934. The van der Waals surface area contributed by atoms with Crippen molar-refractivity contribution in [3.8, 4) is 0 Å². The van der Waals surface area contributed by atoms with Crippen LogP contribution < -0.4 is 10.0 Å². The molecule has 0 atom stereocenters. The van der Waals surface area contributed by atoms with Crippen molar-refractivity contribution >= 4 is 29.2 Å². The minimum absolute atomic E-state index is 0.0140. The molecule has 0 spiro atoms. The number of amides is 1. The zero-order chi connectivity index (χ0) is 16.1. The number of ether oxygens (including phenoxy) is 1. The number of hydrogen-bond donors (Lipinski definition) is 1. The van der Waals surface area contributed by atoms with Crippen LogP contribution in [0.3, 0.4) is 0 Å². The van der Waals surface area contributed by atoms with Crippen LogP contribution in [0.5, 0.6) is 0 Å². The minimum Gasteiger partial charge on any atom is -0.618 e. The van der Waals surface area contributed by atoms with Crippen LogP contribution in [-0.4, -0.2) is 18.5 Å². The molecule has 0 unspecified atom stereocenters. The van der Waals surface area contributed by atoms with Crippen LogP contribution in [0.1, 0.15) is 10.5 Å². The first-order valence-corrected chi connectivity index (χ1v) is 6.45. The van der Waals surface area contributed by atoms with Gasteiger partial charge < -0.3 is 15.3 Å². The van der Waals surface area contributed by atoms with Gasteiger partial charge in [-0.3, -0.25) is 4.79 Å². The van der Waals surface area contributed by atoms with E-state index in [2.05, 4.69) is 5.32 Å². The number of rotatable bonds is 4. The van der Waals surface area contributed by atoms with Gasteiger partial charge in [-0.05, 0) is 24.3 Å². The molecular weight excluding hydrogens is 315 g/mol. The van der Waals surface area contributed by atoms with Gasteiger partial charge in [0.05, 0.1) is 10.7 Å². The summed E-state index contributed by atoms with van der Waals surface area (Å²) in [5.41, 5.74) is -0.0576. The van der Waals surface area contributed by atoms with Gasteiger partial charge in [-0.1, -0.05) is 11.6 Å². The summed E-state index contributed by atoms with van der Waals surface area (Å²) in [6, 6.07) is 7.64. The highest BCUT2D eigenvalue weighted by Crippen LogP contribution is 2.22. The maximum Gasteiger partial charge on any atom is 0.405 e. The molecule has 0 aliphatic carbocycles. The number of nitrogens with one attached hydrogen (secondary N) is 1. The van der Waals surface area contributed by atoms with Crippen LogP contribution >= 0.6 is 11.6 Å². The van der Waals surface area contributed by atoms with Gasteiger partial charge in [0.15, 0.2) is 12.8 Å². The number of hydrogen-bond acceptors (Lipinski definition) is 4. The second-order valence-corrected chi connectivity index (χ2v) is 4.57. The third kappa shape index (κ3) is 3.92. The van der Waals surface area contributed by atoms with Gasteiger partial charge in [-0.2, -0.15) is 4.73 Å². The molecule has 2 rings (SSSR count). The van der Waals surface area contributed by atoms with Crippen LogP contribution in [0.4, 0.5) is 10.1 Å². The van der Waals surface area contributed by atoms with Gasteiger partial charge in [-0.25, -0.2) is 9.18 Å². The Bertz CT molecular complexity index is 724.